The molecule has 2 unspecified atom stereocenters. The molecule has 0 radical (unpaired) electrons. The van der Waals surface area contributed by atoms with Crippen molar-refractivity contribution in [1.82, 2.24) is 4.90 Å². The number of aliphatic hydroxyl groups is 1. The summed E-state index contributed by atoms with van der Waals surface area (Å²) in [6, 6.07) is 19.0. The van der Waals surface area contributed by atoms with Crippen molar-refractivity contribution in [3.05, 3.63) is 71.3 Å². The lowest BCUT2D eigenvalue weighted by atomic mass is 9.78. The van der Waals surface area contributed by atoms with Gasteiger partial charge in [-0.05, 0) is 36.1 Å². The Kier molecular flexibility index (Phi) is 2.69. The molecule has 4 rings (SSSR count). The summed E-state index contributed by atoms with van der Waals surface area (Å²) < 4.78 is 0. The van der Waals surface area contributed by atoms with Crippen LogP contribution in [0.3, 0.4) is 0 Å². The van der Waals surface area contributed by atoms with Crippen LogP contribution in [-0.2, 0) is 5.60 Å². The second kappa shape index (κ2) is 4.44. The molecule has 20 heavy (non-hydrogen) atoms. The van der Waals surface area contributed by atoms with Gasteiger partial charge in [-0.25, -0.2) is 0 Å². The van der Waals surface area contributed by atoms with Crippen LogP contribution >= 0.6 is 0 Å². The van der Waals surface area contributed by atoms with Gasteiger partial charge in [0.15, 0.2) is 0 Å². The highest BCUT2D eigenvalue weighted by molar-refractivity contribution is 5.45. The van der Waals surface area contributed by atoms with Crippen LogP contribution in [0.1, 0.15) is 35.6 Å². The minimum absolute atomic E-state index is 0.496. The van der Waals surface area contributed by atoms with Crippen LogP contribution in [0.15, 0.2) is 54.6 Å². The Bertz CT molecular complexity index is 624. The Morgan fingerprint density at radius 2 is 1.75 bits per heavy atom. The molecule has 0 aromatic heterocycles. The Balaban J connectivity index is 1.91. The zero-order valence-corrected chi connectivity index (χ0v) is 11.5. The Morgan fingerprint density at radius 1 is 1.00 bits per heavy atom. The molecule has 2 aliphatic heterocycles. The first-order chi connectivity index (χ1) is 9.79. The molecule has 2 heteroatoms. The van der Waals surface area contributed by atoms with E-state index in [1.807, 2.05) is 36.4 Å². The SMILES string of the molecule is OC1(c2ccccc2)CN2CCCC2c2ccccc21. The predicted molar refractivity (Wildman–Crippen MR) is 79.4 cm³/mol. The average molecular weight is 265 g/mol. The molecule has 2 heterocycles. The van der Waals surface area contributed by atoms with Crippen LogP contribution in [0.5, 0.6) is 0 Å². The quantitative estimate of drug-likeness (QED) is 0.856. The first-order valence-corrected chi connectivity index (χ1v) is 7.40. The maximum Gasteiger partial charge on any atom is 0.128 e. The van der Waals surface area contributed by atoms with Crippen molar-refractivity contribution in [1.29, 1.82) is 0 Å². The van der Waals surface area contributed by atoms with Crippen LogP contribution in [0.2, 0.25) is 0 Å². The predicted octanol–water partition coefficient (Wildman–Crippen LogP) is 3.07. The highest BCUT2D eigenvalue weighted by Gasteiger charge is 2.44. The van der Waals surface area contributed by atoms with Gasteiger partial charge in [0, 0.05) is 12.6 Å². The third kappa shape index (κ3) is 1.65. The molecular formula is C18H19NO. The fraction of sp³-hybridized carbons (Fsp3) is 0.333. The summed E-state index contributed by atoms with van der Waals surface area (Å²) in [6.45, 7) is 1.80. The lowest BCUT2D eigenvalue weighted by molar-refractivity contribution is 0.0148. The summed E-state index contributed by atoms with van der Waals surface area (Å²) in [5, 5.41) is 11.4. The van der Waals surface area contributed by atoms with E-state index < -0.39 is 5.60 Å². The van der Waals surface area contributed by atoms with E-state index in [1.165, 1.54) is 18.4 Å². The minimum Gasteiger partial charge on any atom is -0.379 e. The number of rotatable bonds is 1. The third-order valence-electron chi connectivity index (χ3n) is 4.81. The van der Waals surface area contributed by atoms with E-state index in [9.17, 15) is 5.11 Å². The number of hydrogen-bond donors (Lipinski definition) is 1. The highest BCUT2D eigenvalue weighted by atomic mass is 16.3. The van der Waals surface area contributed by atoms with E-state index in [2.05, 4.69) is 23.1 Å². The van der Waals surface area contributed by atoms with Crippen LogP contribution < -0.4 is 0 Å². The molecule has 2 aliphatic rings. The number of fused-ring (bicyclic) bond motifs is 3. The lowest BCUT2D eigenvalue weighted by Gasteiger charge is -2.43. The van der Waals surface area contributed by atoms with Gasteiger partial charge in [-0.2, -0.15) is 0 Å². The fourth-order valence-corrected chi connectivity index (χ4v) is 3.87. The van der Waals surface area contributed by atoms with Crippen molar-refractivity contribution in [2.45, 2.75) is 24.5 Å². The summed E-state index contributed by atoms with van der Waals surface area (Å²) in [5.74, 6) is 0. The molecule has 0 amide bonds. The van der Waals surface area contributed by atoms with Crippen molar-refractivity contribution in [2.75, 3.05) is 13.1 Å². The van der Waals surface area contributed by atoms with Gasteiger partial charge in [0.1, 0.15) is 5.60 Å². The maximum atomic E-state index is 11.4. The second-order valence-corrected chi connectivity index (χ2v) is 5.94. The molecule has 2 atom stereocenters. The van der Waals surface area contributed by atoms with Crippen molar-refractivity contribution >= 4 is 0 Å². The van der Waals surface area contributed by atoms with E-state index in [-0.39, 0.29) is 0 Å². The molecule has 102 valence electrons. The van der Waals surface area contributed by atoms with Crippen molar-refractivity contribution < 1.29 is 5.11 Å². The number of nitrogens with zero attached hydrogens (tertiary/aromatic N) is 1. The van der Waals surface area contributed by atoms with Gasteiger partial charge in [-0.3, -0.25) is 4.90 Å². The molecule has 2 nitrogen and oxygen atoms in total. The molecule has 0 bridgehead atoms. The van der Waals surface area contributed by atoms with Gasteiger partial charge in [0.05, 0.1) is 0 Å². The second-order valence-electron chi connectivity index (χ2n) is 5.94. The van der Waals surface area contributed by atoms with Gasteiger partial charge in [0.2, 0.25) is 0 Å². The van der Waals surface area contributed by atoms with E-state index in [4.69, 9.17) is 0 Å². The Hall–Kier alpha value is -1.64. The number of benzene rings is 2. The van der Waals surface area contributed by atoms with E-state index in [0.717, 1.165) is 17.7 Å². The van der Waals surface area contributed by atoms with Gasteiger partial charge in [-0.15, -0.1) is 0 Å². The number of hydrogen-bond acceptors (Lipinski definition) is 2. The molecule has 1 fully saturated rings. The Morgan fingerprint density at radius 3 is 2.60 bits per heavy atom. The first-order valence-electron chi connectivity index (χ1n) is 7.40. The first kappa shape index (κ1) is 12.1. The van der Waals surface area contributed by atoms with Crippen LogP contribution in [0.4, 0.5) is 0 Å². The van der Waals surface area contributed by atoms with Gasteiger partial charge >= 0.3 is 0 Å². The van der Waals surface area contributed by atoms with E-state index >= 15 is 0 Å². The minimum atomic E-state index is -0.876. The monoisotopic (exact) mass is 265 g/mol. The van der Waals surface area contributed by atoms with Gasteiger partial charge in [-0.1, -0.05) is 54.6 Å². The van der Waals surface area contributed by atoms with Crippen LogP contribution in [-0.4, -0.2) is 23.1 Å². The topological polar surface area (TPSA) is 23.5 Å². The zero-order valence-electron chi connectivity index (χ0n) is 11.5. The van der Waals surface area contributed by atoms with Gasteiger partial charge < -0.3 is 5.11 Å². The Labute approximate surface area is 119 Å². The molecule has 2 aromatic carbocycles. The summed E-state index contributed by atoms with van der Waals surface area (Å²) in [5.41, 5.74) is 2.52. The summed E-state index contributed by atoms with van der Waals surface area (Å²) in [6.07, 6.45) is 2.44. The van der Waals surface area contributed by atoms with Crippen molar-refractivity contribution in [2.24, 2.45) is 0 Å². The lowest BCUT2D eigenvalue weighted by Crippen LogP contribution is -2.46. The fourth-order valence-electron chi connectivity index (χ4n) is 3.87. The molecular weight excluding hydrogens is 246 g/mol. The van der Waals surface area contributed by atoms with Crippen molar-refractivity contribution in [3.8, 4) is 0 Å². The largest absolute Gasteiger partial charge is 0.379 e. The average Bonchev–Trinajstić information content (AvgIpc) is 2.97. The molecule has 1 N–H and O–H groups in total. The molecule has 0 spiro atoms. The molecule has 0 saturated carbocycles. The standard InChI is InChI=1S/C18H19NO/c20-18(14-7-2-1-3-8-14)13-19-12-6-11-17(19)15-9-4-5-10-16(15)18/h1-5,7-10,17,20H,6,11-13H2. The molecule has 2 aromatic rings. The van der Waals surface area contributed by atoms with Crippen LogP contribution in [0.25, 0.3) is 0 Å². The normalized spacial score (nSPS) is 28.9. The highest BCUT2D eigenvalue weighted by Crippen LogP contribution is 2.45. The summed E-state index contributed by atoms with van der Waals surface area (Å²) in [4.78, 5) is 2.44. The van der Waals surface area contributed by atoms with Gasteiger partial charge in [0.25, 0.3) is 0 Å². The third-order valence-corrected chi connectivity index (χ3v) is 4.81. The van der Waals surface area contributed by atoms with E-state index in [0.29, 0.717) is 12.6 Å². The zero-order chi connectivity index (χ0) is 13.6. The van der Waals surface area contributed by atoms with Crippen molar-refractivity contribution in [3.63, 3.8) is 0 Å². The summed E-state index contributed by atoms with van der Waals surface area (Å²) in [7, 11) is 0. The smallest absolute Gasteiger partial charge is 0.128 e. The van der Waals surface area contributed by atoms with E-state index in [1.54, 1.807) is 0 Å². The molecule has 1 saturated heterocycles. The summed E-state index contributed by atoms with van der Waals surface area (Å²) >= 11 is 0. The maximum absolute atomic E-state index is 11.4. The molecule has 0 aliphatic carbocycles. The van der Waals surface area contributed by atoms with Crippen LogP contribution in [0, 0.1) is 0 Å².